The lowest BCUT2D eigenvalue weighted by Gasteiger charge is -2.16. The molecule has 2 amide bonds. The van der Waals surface area contributed by atoms with Gasteiger partial charge in [-0.05, 0) is 42.3 Å². The summed E-state index contributed by atoms with van der Waals surface area (Å²) in [5.74, 6) is 0.910. The average molecular weight is 372 g/mol. The number of nitrogens with one attached hydrogen (secondary N) is 2. The molecule has 1 fully saturated rings. The predicted molar refractivity (Wildman–Crippen MR) is 103 cm³/mol. The van der Waals surface area contributed by atoms with E-state index in [0.717, 1.165) is 24.5 Å². The van der Waals surface area contributed by atoms with Crippen LogP contribution in [0.3, 0.4) is 0 Å². The largest absolute Gasteiger partial charge is 0.357 e. The van der Waals surface area contributed by atoms with E-state index in [1.807, 2.05) is 29.1 Å². The Morgan fingerprint density at radius 3 is 2.69 bits per heavy atom. The molecule has 1 aliphatic heterocycles. The molecule has 138 valence electrons. The third-order valence-corrected chi connectivity index (χ3v) is 5.06. The van der Waals surface area contributed by atoms with Gasteiger partial charge in [-0.2, -0.15) is 11.3 Å². The molecule has 0 unspecified atom stereocenters. The first kappa shape index (κ1) is 18.4. The fourth-order valence-electron chi connectivity index (χ4n) is 2.89. The fraction of sp³-hybridized carbons (Fsp3) is 0.421. The molecule has 0 bridgehead atoms. The lowest BCUT2D eigenvalue weighted by Crippen LogP contribution is -2.27. The monoisotopic (exact) mass is 372 g/mol. The number of rotatable bonds is 8. The summed E-state index contributed by atoms with van der Waals surface area (Å²) in [5, 5.41) is 9.40. The van der Waals surface area contributed by atoms with Crippen molar-refractivity contribution in [2.45, 2.75) is 32.2 Å². The van der Waals surface area contributed by atoms with Crippen molar-refractivity contribution in [2.75, 3.05) is 24.5 Å². The van der Waals surface area contributed by atoms with E-state index in [0.29, 0.717) is 31.5 Å². The average Bonchev–Trinajstić information content (AvgIpc) is 3.37. The normalized spacial score (nSPS) is 13.6. The second kappa shape index (κ2) is 9.33. The molecule has 0 aromatic carbocycles. The number of carbonyl (C=O) groups is 2. The van der Waals surface area contributed by atoms with Crippen LogP contribution in [0.5, 0.6) is 0 Å². The number of anilines is 1. The smallest absolute Gasteiger partial charge is 0.252 e. The van der Waals surface area contributed by atoms with E-state index in [9.17, 15) is 9.59 Å². The highest BCUT2D eigenvalue weighted by Crippen LogP contribution is 2.17. The van der Waals surface area contributed by atoms with Crippen molar-refractivity contribution in [1.82, 2.24) is 15.6 Å². The van der Waals surface area contributed by atoms with Crippen molar-refractivity contribution in [3.63, 3.8) is 0 Å². The highest BCUT2D eigenvalue weighted by atomic mass is 32.1. The molecule has 0 atom stereocenters. The summed E-state index contributed by atoms with van der Waals surface area (Å²) in [6.07, 6.45) is 5.30. The van der Waals surface area contributed by atoms with Crippen LogP contribution in [-0.2, 0) is 11.3 Å². The van der Waals surface area contributed by atoms with Crippen molar-refractivity contribution in [2.24, 2.45) is 0 Å². The number of carbonyl (C=O) groups excluding carboxylic acids is 2. The summed E-state index contributed by atoms with van der Waals surface area (Å²) in [6.45, 7) is 3.12. The first-order valence-electron chi connectivity index (χ1n) is 8.99. The van der Waals surface area contributed by atoms with Gasteiger partial charge in [0.25, 0.3) is 5.91 Å². The first-order valence-corrected chi connectivity index (χ1v) is 9.93. The van der Waals surface area contributed by atoms with Crippen molar-refractivity contribution in [3.05, 3.63) is 46.3 Å². The van der Waals surface area contributed by atoms with Crippen LogP contribution in [0.1, 0.15) is 41.6 Å². The van der Waals surface area contributed by atoms with Crippen LogP contribution in [0, 0.1) is 0 Å². The molecule has 2 aromatic heterocycles. The Kier molecular flexibility index (Phi) is 6.60. The number of pyridine rings is 1. The summed E-state index contributed by atoms with van der Waals surface area (Å²) in [5.41, 5.74) is 1.66. The lowest BCUT2D eigenvalue weighted by atomic mass is 10.2. The van der Waals surface area contributed by atoms with Gasteiger partial charge in [-0.1, -0.05) is 6.07 Å². The Balaban J connectivity index is 1.31. The number of thiophene rings is 1. The molecule has 3 heterocycles. The predicted octanol–water partition coefficient (Wildman–Crippen LogP) is 2.57. The minimum atomic E-state index is -0.0872. The fourth-order valence-corrected chi connectivity index (χ4v) is 3.53. The summed E-state index contributed by atoms with van der Waals surface area (Å²) >= 11 is 1.49. The molecule has 0 radical (unpaired) electrons. The zero-order valence-electron chi connectivity index (χ0n) is 14.7. The van der Waals surface area contributed by atoms with Gasteiger partial charge in [0.2, 0.25) is 5.91 Å². The Morgan fingerprint density at radius 1 is 1.15 bits per heavy atom. The molecular weight excluding hydrogens is 348 g/mol. The first-order chi connectivity index (χ1) is 12.7. The van der Waals surface area contributed by atoms with Gasteiger partial charge in [-0.15, -0.1) is 0 Å². The molecule has 0 aliphatic carbocycles. The van der Waals surface area contributed by atoms with Crippen LogP contribution >= 0.6 is 11.3 Å². The Morgan fingerprint density at radius 2 is 2.00 bits per heavy atom. The number of hydrogen-bond donors (Lipinski definition) is 2. The molecule has 1 aliphatic rings. The summed E-state index contributed by atoms with van der Waals surface area (Å²) in [6, 6.07) is 5.82. The van der Waals surface area contributed by atoms with Crippen LogP contribution in [0.15, 0.2) is 35.2 Å². The topological polar surface area (TPSA) is 74.3 Å². The van der Waals surface area contributed by atoms with E-state index in [4.69, 9.17) is 0 Å². The molecular formula is C19H24N4O2S. The Bertz CT molecular complexity index is 710. The van der Waals surface area contributed by atoms with Gasteiger partial charge in [0.1, 0.15) is 5.82 Å². The van der Waals surface area contributed by atoms with Crippen LogP contribution in [0.4, 0.5) is 5.82 Å². The van der Waals surface area contributed by atoms with Gasteiger partial charge in [0.05, 0.1) is 0 Å². The van der Waals surface area contributed by atoms with E-state index in [-0.39, 0.29) is 11.8 Å². The number of nitrogens with zero attached hydrogens (tertiary/aromatic N) is 2. The SMILES string of the molecule is O=C(CCCNC(=O)c1ccsc1)NCc1ccc(N2CCCC2)nc1. The number of amides is 2. The van der Waals surface area contributed by atoms with Gasteiger partial charge in [0.15, 0.2) is 0 Å². The van der Waals surface area contributed by atoms with Crippen molar-refractivity contribution in [1.29, 1.82) is 0 Å². The van der Waals surface area contributed by atoms with Gasteiger partial charge in [-0.3, -0.25) is 9.59 Å². The van der Waals surface area contributed by atoms with E-state index >= 15 is 0 Å². The zero-order chi connectivity index (χ0) is 18.2. The highest BCUT2D eigenvalue weighted by Gasteiger charge is 2.13. The quantitative estimate of drug-likeness (QED) is 0.699. The molecule has 3 rings (SSSR count). The zero-order valence-corrected chi connectivity index (χ0v) is 15.6. The minimum absolute atomic E-state index is 0.0154. The van der Waals surface area contributed by atoms with E-state index in [2.05, 4.69) is 20.5 Å². The van der Waals surface area contributed by atoms with E-state index in [1.54, 1.807) is 6.07 Å². The van der Waals surface area contributed by atoms with Gasteiger partial charge >= 0.3 is 0 Å². The molecule has 6 nitrogen and oxygen atoms in total. The molecule has 2 aromatic rings. The van der Waals surface area contributed by atoms with Crippen molar-refractivity contribution >= 4 is 29.0 Å². The second-order valence-electron chi connectivity index (χ2n) is 6.37. The molecule has 0 saturated carbocycles. The summed E-state index contributed by atoms with van der Waals surface area (Å²) in [4.78, 5) is 30.5. The lowest BCUT2D eigenvalue weighted by molar-refractivity contribution is -0.121. The van der Waals surface area contributed by atoms with E-state index in [1.165, 1.54) is 24.2 Å². The highest BCUT2D eigenvalue weighted by molar-refractivity contribution is 7.08. The third-order valence-electron chi connectivity index (χ3n) is 4.38. The number of aromatic nitrogens is 1. The van der Waals surface area contributed by atoms with Gasteiger partial charge in [0, 0.05) is 49.7 Å². The van der Waals surface area contributed by atoms with E-state index < -0.39 is 0 Å². The molecule has 0 spiro atoms. The van der Waals surface area contributed by atoms with Crippen LogP contribution in [0.25, 0.3) is 0 Å². The molecule has 26 heavy (non-hydrogen) atoms. The maximum atomic E-state index is 11.9. The second-order valence-corrected chi connectivity index (χ2v) is 7.15. The number of hydrogen-bond acceptors (Lipinski definition) is 5. The molecule has 1 saturated heterocycles. The maximum Gasteiger partial charge on any atom is 0.252 e. The summed E-state index contributed by atoms with van der Waals surface area (Å²) in [7, 11) is 0. The molecule has 7 heteroatoms. The van der Waals surface area contributed by atoms with Crippen molar-refractivity contribution < 1.29 is 9.59 Å². The third kappa shape index (κ3) is 5.29. The molecule has 2 N–H and O–H groups in total. The maximum absolute atomic E-state index is 11.9. The van der Waals surface area contributed by atoms with Crippen molar-refractivity contribution in [3.8, 4) is 0 Å². The van der Waals surface area contributed by atoms with Gasteiger partial charge in [-0.25, -0.2) is 4.98 Å². The van der Waals surface area contributed by atoms with Gasteiger partial charge < -0.3 is 15.5 Å². The Labute approximate surface area is 157 Å². The van der Waals surface area contributed by atoms with Crippen LogP contribution in [0.2, 0.25) is 0 Å². The van der Waals surface area contributed by atoms with Crippen LogP contribution in [-0.4, -0.2) is 36.4 Å². The summed E-state index contributed by atoms with van der Waals surface area (Å²) < 4.78 is 0. The minimum Gasteiger partial charge on any atom is -0.357 e. The Hall–Kier alpha value is -2.41. The standard InChI is InChI=1S/C19H24N4O2S/c24-18(4-3-8-20-19(25)16-7-11-26-14-16)22-13-15-5-6-17(21-12-15)23-9-1-2-10-23/h5-7,11-12,14H,1-4,8-10,13H2,(H,20,25)(H,22,24). The van der Waals surface area contributed by atoms with Crippen LogP contribution < -0.4 is 15.5 Å².